The van der Waals surface area contributed by atoms with Crippen LogP contribution in [0.25, 0.3) is 0 Å². The van der Waals surface area contributed by atoms with Gasteiger partial charge in [0.15, 0.2) is 0 Å². The van der Waals surface area contributed by atoms with Crippen molar-refractivity contribution in [1.29, 1.82) is 0 Å². The Hall–Kier alpha value is -2.37. The molecule has 0 unspecified atom stereocenters. The second-order valence-corrected chi connectivity index (χ2v) is 9.14. The maximum Gasteiger partial charge on any atom is 0.417 e. The van der Waals surface area contributed by atoms with Gasteiger partial charge in [-0.1, -0.05) is 11.6 Å². The fourth-order valence-electron chi connectivity index (χ4n) is 2.24. The summed E-state index contributed by atoms with van der Waals surface area (Å²) in [5.74, 6) is -0.987. The summed E-state index contributed by atoms with van der Waals surface area (Å²) >= 11 is 5.94. The van der Waals surface area contributed by atoms with E-state index in [0.717, 1.165) is 12.1 Å². The van der Waals surface area contributed by atoms with E-state index in [2.05, 4.69) is 4.72 Å². The summed E-state index contributed by atoms with van der Waals surface area (Å²) in [6.07, 6.45) is -4.26. The van der Waals surface area contributed by atoms with Crippen LogP contribution in [-0.4, -0.2) is 24.8 Å². The third-order valence-corrected chi connectivity index (χ3v) is 5.64. The number of amides is 1. The van der Waals surface area contributed by atoms with Gasteiger partial charge in [-0.3, -0.25) is 9.59 Å². The van der Waals surface area contributed by atoms with Crippen LogP contribution in [0.1, 0.15) is 36.7 Å². The van der Waals surface area contributed by atoms with Crippen LogP contribution in [0.4, 0.5) is 18.9 Å². The Morgan fingerprint density at radius 1 is 1.14 bits per heavy atom. The smallest absolute Gasteiger partial charge is 0.327 e. The number of H-pyrrole nitrogens is 1. The second-order valence-electron chi connectivity index (χ2n) is 7.08. The predicted molar refractivity (Wildman–Crippen MR) is 102 cm³/mol. The number of anilines is 1. The Balaban J connectivity index is 2.40. The highest BCUT2D eigenvalue weighted by atomic mass is 35.5. The molecular formula is C17H17ClF3N3O4S. The van der Waals surface area contributed by atoms with Gasteiger partial charge in [-0.05, 0) is 45.0 Å². The van der Waals surface area contributed by atoms with Gasteiger partial charge in [-0.15, -0.1) is 0 Å². The van der Waals surface area contributed by atoms with Gasteiger partial charge in [-0.25, -0.2) is 13.1 Å². The van der Waals surface area contributed by atoms with E-state index >= 15 is 0 Å². The topological polar surface area (TPSA) is 108 Å². The number of nitrogens with one attached hydrogen (secondary N) is 3. The van der Waals surface area contributed by atoms with Gasteiger partial charge in [0.1, 0.15) is 10.6 Å². The van der Waals surface area contributed by atoms with Crippen LogP contribution in [0.15, 0.2) is 40.2 Å². The molecule has 7 nitrogen and oxygen atoms in total. The first-order valence-electron chi connectivity index (χ1n) is 8.05. The molecule has 0 aliphatic carbocycles. The molecule has 0 saturated heterocycles. The first-order valence-corrected chi connectivity index (χ1v) is 9.91. The quantitative estimate of drug-likeness (QED) is 0.662. The van der Waals surface area contributed by atoms with Gasteiger partial charge in [-0.2, -0.15) is 13.2 Å². The molecule has 2 rings (SSSR count). The van der Waals surface area contributed by atoms with Crippen molar-refractivity contribution in [2.24, 2.45) is 0 Å². The molecule has 0 aliphatic rings. The fourth-order valence-corrected chi connectivity index (χ4v) is 4.19. The van der Waals surface area contributed by atoms with Crippen LogP contribution in [0, 0.1) is 0 Å². The van der Waals surface area contributed by atoms with Crippen molar-refractivity contribution in [3.63, 3.8) is 0 Å². The van der Waals surface area contributed by atoms with Crippen molar-refractivity contribution in [3.8, 4) is 0 Å². The number of sulfonamides is 1. The van der Waals surface area contributed by atoms with Crippen LogP contribution < -0.4 is 15.6 Å². The third kappa shape index (κ3) is 5.81. The number of carbonyl (C=O) groups excluding carboxylic acids is 1. The van der Waals surface area contributed by atoms with E-state index in [1.165, 1.54) is 6.07 Å². The van der Waals surface area contributed by atoms with Crippen molar-refractivity contribution in [3.05, 3.63) is 57.0 Å². The van der Waals surface area contributed by atoms with Crippen LogP contribution >= 0.6 is 11.6 Å². The third-order valence-electron chi connectivity index (χ3n) is 3.40. The minimum Gasteiger partial charge on any atom is -0.327 e. The highest BCUT2D eigenvalue weighted by molar-refractivity contribution is 7.89. The molecule has 3 N–H and O–H groups in total. The summed E-state index contributed by atoms with van der Waals surface area (Å²) in [4.78, 5) is 25.6. The Bertz CT molecular complexity index is 1110. The largest absolute Gasteiger partial charge is 0.417 e. The normalized spacial score (nSPS) is 12.7. The Kier molecular flexibility index (Phi) is 6.17. The number of benzene rings is 1. The second kappa shape index (κ2) is 7.81. The first kappa shape index (κ1) is 22.9. The van der Waals surface area contributed by atoms with E-state index in [1.807, 2.05) is 10.3 Å². The van der Waals surface area contributed by atoms with Crippen molar-refractivity contribution < 1.29 is 26.4 Å². The number of rotatable bonds is 4. The van der Waals surface area contributed by atoms with Gasteiger partial charge in [0.2, 0.25) is 10.0 Å². The fraction of sp³-hybridized carbons (Fsp3) is 0.294. The Labute approximate surface area is 169 Å². The van der Waals surface area contributed by atoms with Crippen LogP contribution in [0.3, 0.4) is 0 Å². The van der Waals surface area contributed by atoms with E-state index < -0.39 is 44.5 Å². The number of hydrogen-bond donors (Lipinski definition) is 3. The van der Waals surface area contributed by atoms with Gasteiger partial charge >= 0.3 is 6.18 Å². The summed E-state index contributed by atoms with van der Waals surface area (Å²) in [7, 11) is -4.09. The van der Waals surface area contributed by atoms with Crippen LogP contribution in [0.5, 0.6) is 0 Å². The summed E-state index contributed by atoms with van der Waals surface area (Å²) in [5, 5.41) is 1.89. The van der Waals surface area contributed by atoms with E-state index in [4.69, 9.17) is 11.6 Å². The molecule has 12 heteroatoms. The maximum absolute atomic E-state index is 12.8. The molecule has 29 heavy (non-hydrogen) atoms. The minimum absolute atomic E-state index is 0.157. The summed E-state index contributed by atoms with van der Waals surface area (Å²) in [5.41, 5.74) is -3.81. The number of halogens is 4. The van der Waals surface area contributed by atoms with Gasteiger partial charge in [0, 0.05) is 17.3 Å². The lowest BCUT2D eigenvalue weighted by atomic mass is 10.1. The van der Waals surface area contributed by atoms with Gasteiger partial charge in [0.05, 0.1) is 10.6 Å². The Morgan fingerprint density at radius 3 is 2.31 bits per heavy atom. The highest BCUT2D eigenvalue weighted by Gasteiger charge is 2.31. The molecule has 2 aromatic rings. The molecule has 1 amide bonds. The molecule has 0 fully saturated rings. The van der Waals surface area contributed by atoms with Crippen molar-refractivity contribution in [1.82, 2.24) is 9.71 Å². The summed E-state index contributed by atoms with van der Waals surface area (Å²) in [6, 6.07) is 3.78. The molecule has 0 spiro atoms. The monoisotopic (exact) mass is 451 g/mol. The van der Waals surface area contributed by atoms with Crippen LogP contribution in [0.2, 0.25) is 5.02 Å². The summed E-state index contributed by atoms with van der Waals surface area (Å²) < 4.78 is 65.8. The lowest BCUT2D eigenvalue weighted by molar-refractivity contribution is -0.137. The zero-order valence-corrected chi connectivity index (χ0v) is 17.0. The molecule has 158 valence electrons. The number of aromatic amines is 1. The zero-order chi connectivity index (χ0) is 22.2. The molecule has 0 aliphatic heterocycles. The average molecular weight is 452 g/mol. The van der Waals surface area contributed by atoms with E-state index in [1.54, 1.807) is 20.8 Å². The van der Waals surface area contributed by atoms with Crippen molar-refractivity contribution in [2.75, 3.05) is 5.32 Å². The number of pyridine rings is 1. The number of carbonyl (C=O) groups is 1. The SMILES string of the molecule is CC(C)(C)NS(=O)(=O)c1cc(C(=O)Nc2cc(C(F)(F)F)c[nH]c2=O)ccc1Cl. The van der Waals surface area contributed by atoms with Crippen molar-refractivity contribution >= 4 is 33.2 Å². The average Bonchev–Trinajstić information content (AvgIpc) is 2.53. The predicted octanol–water partition coefficient (Wildman–Crippen LogP) is 3.38. The van der Waals surface area contributed by atoms with Gasteiger partial charge < -0.3 is 10.3 Å². The molecule has 0 radical (unpaired) electrons. The zero-order valence-electron chi connectivity index (χ0n) is 15.4. The van der Waals surface area contributed by atoms with Crippen LogP contribution in [-0.2, 0) is 16.2 Å². The minimum atomic E-state index is -4.73. The van der Waals surface area contributed by atoms with Crippen molar-refractivity contribution in [2.45, 2.75) is 37.4 Å². The standard InChI is InChI=1S/C17H17ClF3N3O4S/c1-16(2,3)24-29(27,28)13-6-9(4-5-11(13)18)14(25)23-12-7-10(17(19,20)21)8-22-15(12)26/h4-8,24H,1-3H3,(H,22,26)(H,23,25). The molecule has 1 heterocycles. The Morgan fingerprint density at radius 2 is 1.76 bits per heavy atom. The summed E-state index contributed by atoms with van der Waals surface area (Å²) in [6.45, 7) is 4.82. The molecule has 1 aromatic heterocycles. The lowest BCUT2D eigenvalue weighted by Crippen LogP contribution is -2.40. The molecule has 0 atom stereocenters. The van der Waals surface area contributed by atoms with E-state index in [0.29, 0.717) is 12.3 Å². The van der Waals surface area contributed by atoms with E-state index in [9.17, 15) is 31.2 Å². The van der Waals surface area contributed by atoms with Gasteiger partial charge in [0.25, 0.3) is 11.5 Å². The van der Waals surface area contributed by atoms with E-state index in [-0.39, 0.29) is 15.5 Å². The molecule has 0 bridgehead atoms. The number of alkyl halides is 3. The molecular weight excluding hydrogens is 435 g/mol. The maximum atomic E-state index is 12.8. The molecule has 1 aromatic carbocycles. The molecule has 0 saturated carbocycles. The first-order chi connectivity index (χ1) is 13.1. The number of aromatic nitrogens is 1. The highest BCUT2D eigenvalue weighted by Crippen LogP contribution is 2.29. The lowest BCUT2D eigenvalue weighted by Gasteiger charge is -2.21. The number of hydrogen-bond acceptors (Lipinski definition) is 4.